The van der Waals surface area contributed by atoms with E-state index in [0.29, 0.717) is 58.8 Å². The van der Waals surface area contributed by atoms with E-state index >= 15 is 9.59 Å². The first-order chi connectivity index (χ1) is 58.8. The lowest BCUT2D eigenvalue weighted by Crippen LogP contribution is -2.51. The van der Waals surface area contributed by atoms with E-state index in [1.807, 2.05) is 0 Å². The van der Waals surface area contributed by atoms with Gasteiger partial charge in [-0.05, 0) is 220 Å². The molecule has 6 fully saturated rings. The number of allylic oxidation sites excluding steroid dienone is 2. The number of hydrogen-bond acceptors (Lipinski definition) is 12. The molecule has 16 nitrogen and oxygen atoms in total. The monoisotopic (exact) mass is 1690 g/mol. The Morgan fingerprint density at radius 3 is 1.05 bits per heavy atom. The summed E-state index contributed by atoms with van der Waals surface area (Å²) in [6.45, 7) is 29.9. The number of methoxy groups -OCH3 is 4. The molecule has 0 unspecified atom stereocenters. The van der Waals surface area contributed by atoms with Crippen LogP contribution in [0.2, 0.25) is 0 Å². The number of rotatable bonds is 50. The molecule has 4 amide bonds. The Kier molecular flexibility index (Phi) is 36.3. The minimum Gasteiger partial charge on any atom is -0.494 e. The summed E-state index contributed by atoms with van der Waals surface area (Å²) in [5.41, 5.74) is 5.87. The molecule has 0 spiro atoms. The van der Waals surface area contributed by atoms with Gasteiger partial charge in [0.15, 0.2) is 0 Å². The number of carbonyl (C=O) groups is 4. The number of anilines is 4. The lowest BCUT2D eigenvalue weighted by atomic mass is 9.47. The van der Waals surface area contributed by atoms with Crippen LogP contribution < -0.4 is 49.7 Å². The molecule has 0 aromatic heterocycles. The van der Waals surface area contributed by atoms with Gasteiger partial charge in [0.1, 0.15) is 47.7 Å². The Bertz CT molecular complexity index is 3670. The van der Waals surface area contributed by atoms with Crippen LogP contribution in [0.5, 0.6) is 34.5 Å². The molecule has 0 aliphatic heterocycles. The van der Waals surface area contributed by atoms with Crippen LogP contribution in [0.3, 0.4) is 0 Å². The third-order valence-electron chi connectivity index (χ3n) is 32.6. The van der Waals surface area contributed by atoms with Gasteiger partial charge < -0.3 is 59.2 Å². The molecule has 0 radical (unpaired) electrons. The summed E-state index contributed by atoms with van der Waals surface area (Å²) >= 11 is 0. The van der Waals surface area contributed by atoms with E-state index < -0.39 is 11.8 Å². The van der Waals surface area contributed by atoms with E-state index in [1.54, 1.807) is 36.4 Å². The normalized spacial score (nSPS) is 27.5. The molecule has 6 saturated carbocycles. The van der Waals surface area contributed by atoms with Crippen LogP contribution in [0.15, 0.2) is 59.7 Å². The third-order valence-corrected chi connectivity index (χ3v) is 32.6. The largest absolute Gasteiger partial charge is 0.494 e. The zero-order chi connectivity index (χ0) is 87.1. The summed E-state index contributed by atoms with van der Waals surface area (Å²) in [4.78, 5) is 58.6. The van der Waals surface area contributed by atoms with Gasteiger partial charge in [0, 0.05) is 24.3 Å². The van der Waals surface area contributed by atoms with Gasteiger partial charge in [-0.1, -0.05) is 260 Å². The predicted molar refractivity (Wildman–Crippen MR) is 499 cm³/mol. The van der Waals surface area contributed by atoms with Gasteiger partial charge in [-0.25, -0.2) is 0 Å². The highest BCUT2D eigenvalue weighted by Gasteiger charge is 2.61. The maximum Gasteiger partial charge on any atom is 0.259 e. The number of amides is 4. The fourth-order valence-electron chi connectivity index (χ4n) is 25.6. The van der Waals surface area contributed by atoms with Crippen molar-refractivity contribution in [2.75, 3.05) is 76.1 Å². The molecule has 0 saturated heterocycles. The smallest absolute Gasteiger partial charge is 0.259 e. The second kappa shape index (κ2) is 45.9. The topological polar surface area (TPSA) is 190 Å². The Morgan fingerprint density at radius 2 is 0.713 bits per heavy atom. The molecular formula is C106H166N4O12. The fraction of sp³-hybridized carbons (Fsp3) is 0.755. The first-order valence-corrected chi connectivity index (χ1v) is 49.6. The maximum absolute atomic E-state index is 15.3. The van der Waals surface area contributed by atoms with E-state index in [1.165, 1.54) is 207 Å². The van der Waals surface area contributed by atoms with Crippen LogP contribution in [0.4, 0.5) is 22.7 Å². The molecular weight excluding hydrogens is 1520 g/mol. The molecule has 4 N–H and O–H groups in total. The first-order valence-electron chi connectivity index (χ1n) is 49.6. The number of carbonyl (C=O) groups excluding carboxylic acids is 4. The third kappa shape index (κ3) is 23.9. The maximum atomic E-state index is 15.3. The Hall–Kier alpha value is -6.26. The van der Waals surface area contributed by atoms with Crippen LogP contribution in [-0.2, 0) is 19.1 Å². The first kappa shape index (κ1) is 96.4. The van der Waals surface area contributed by atoms with Gasteiger partial charge in [0.25, 0.3) is 11.8 Å². The van der Waals surface area contributed by atoms with Gasteiger partial charge in [0.05, 0.1) is 87.7 Å². The molecule has 3 aromatic rings. The van der Waals surface area contributed by atoms with Crippen molar-refractivity contribution in [1.29, 1.82) is 0 Å². The predicted octanol–water partition coefficient (Wildman–Crippen LogP) is 27.6. The lowest BCUT2D eigenvalue weighted by Gasteiger charge is -2.58. The van der Waals surface area contributed by atoms with Crippen molar-refractivity contribution < 1.29 is 57.1 Å². The Morgan fingerprint density at radius 1 is 0.377 bits per heavy atom. The van der Waals surface area contributed by atoms with E-state index in [2.05, 4.69) is 117 Å². The van der Waals surface area contributed by atoms with Crippen LogP contribution in [-0.4, -0.2) is 90.7 Å². The average molecular weight is 1690 g/mol. The lowest BCUT2D eigenvalue weighted by molar-refractivity contribution is -0.124. The number of hydrogen-bond donors (Lipinski definition) is 4. The highest BCUT2D eigenvalue weighted by molar-refractivity contribution is 6.12. The minimum atomic E-state index is -0.541. The fourth-order valence-corrected chi connectivity index (χ4v) is 25.6. The molecule has 3 aromatic carbocycles. The standard InChI is InChI=1S/C106H166N4O12/c1-17-19-21-23-25-27-29-31-33-35-59-119-93-63-82(102(114)110-92-68-96(116-14)90(66-98(92)118-16)108-100(112)70-122-78-52-56-104(10)76(62-78)44-46-80-86-50-48-84(74(8)42-38-40-72(5)6)106(86,12)58-54-88(80)104)94(120-60-36-34-32-30-28-26-24-22-20-18-2)64-81(93)101(113)109-91-67-95(115-13)89(65-97(91)117-15)107-99(111)69-121-77-51-55-103(9)75(61-77)43-45-79-85-49-47-83(73(7)41-37-39-71(3)4)105(85,11)57-53-87(79)103/h43-44,63-68,71-74,77-80,83-88H,17-42,45-62,69-70H2,1-16H3,(H,107,111)(H,108,112)(H,109,113)(H,110,114)/t73-,74-,77+,78+,79+,80+,83-,84-,85+,86+,87+,88+,103+,104+,105-,106-/m1/s1. The molecule has 16 heteroatoms. The zero-order valence-electron chi connectivity index (χ0n) is 79.1. The Labute approximate surface area is 738 Å². The van der Waals surface area contributed by atoms with Crippen molar-refractivity contribution >= 4 is 46.4 Å². The molecule has 0 heterocycles. The molecule has 8 aliphatic rings. The van der Waals surface area contributed by atoms with Crippen molar-refractivity contribution in [1.82, 2.24) is 0 Å². The summed E-state index contributed by atoms with van der Waals surface area (Å²) < 4.78 is 50.2. The molecule has 11 rings (SSSR count). The summed E-state index contributed by atoms with van der Waals surface area (Å²) in [5.74, 6) is 9.11. The second-order valence-electron chi connectivity index (χ2n) is 41.3. The number of fused-ring (bicyclic) bond motifs is 10. The van der Waals surface area contributed by atoms with E-state index in [9.17, 15) is 9.59 Å². The number of ether oxygens (including phenoxy) is 8. The van der Waals surface area contributed by atoms with Gasteiger partial charge in [-0.15, -0.1) is 0 Å². The second-order valence-corrected chi connectivity index (χ2v) is 41.3. The van der Waals surface area contributed by atoms with Crippen molar-refractivity contribution in [3.05, 3.63) is 70.8 Å². The van der Waals surface area contributed by atoms with Crippen molar-refractivity contribution in [3.63, 3.8) is 0 Å². The van der Waals surface area contributed by atoms with Crippen LogP contribution in [0.25, 0.3) is 0 Å². The average Bonchev–Trinajstić information content (AvgIpc) is 1.45. The van der Waals surface area contributed by atoms with Gasteiger partial charge in [-0.2, -0.15) is 0 Å². The summed E-state index contributed by atoms with van der Waals surface area (Å²) in [7, 11) is 6.09. The number of unbranched alkanes of at least 4 members (excludes halogenated alkanes) is 18. The van der Waals surface area contributed by atoms with Crippen molar-refractivity contribution in [2.24, 2.45) is 92.7 Å². The summed E-state index contributed by atoms with van der Waals surface area (Å²) in [6.07, 6.45) is 54.8. The minimum absolute atomic E-state index is 0.0572. The molecule has 16 atom stereocenters. The highest BCUT2D eigenvalue weighted by atomic mass is 16.5. The van der Waals surface area contributed by atoms with E-state index in [-0.39, 0.29) is 93.6 Å². The quantitative estimate of drug-likeness (QED) is 0.0310. The van der Waals surface area contributed by atoms with Crippen molar-refractivity contribution in [3.8, 4) is 34.5 Å². The Balaban J connectivity index is 0.758. The van der Waals surface area contributed by atoms with Crippen LogP contribution >= 0.6 is 0 Å². The van der Waals surface area contributed by atoms with Gasteiger partial charge >= 0.3 is 0 Å². The van der Waals surface area contributed by atoms with E-state index in [4.69, 9.17) is 37.9 Å². The van der Waals surface area contributed by atoms with Gasteiger partial charge in [0.2, 0.25) is 11.8 Å². The molecule has 122 heavy (non-hydrogen) atoms. The van der Waals surface area contributed by atoms with Crippen LogP contribution in [0.1, 0.15) is 373 Å². The zero-order valence-corrected chi connectivity index (χ0v) is 79.1. The number of nitrogens with one attached hydrogen (secondary N) is 4. The summed E-state index contributed by atoms with van der Waals surface area (Å²) in [6, 6.07) is 9.80. The number of benzene rings is 3. The summed E-state index contributed by atoms with van der Waals surface area (Å²) in [5, 5.41) is 12.3. The van der Waals surface area contributed by atoms with E-state index in [0.717, 1.165) is 162 Å². The molecule has 682 valence electrons. The van der Waals surface area contributed by atoms with Gasteiger partial charge in [-0.3, -0.25) is 19.2 Å². The van der Waals surface area contributed by atoms with Crippen LogP contribution in [0, 0.1) is 92.7 Å². The van der Waals surface area contributed by atoms with Crippen molar-refractivity contribution in [2.45, 2.75) is 365 Å². The SMILES string of the molecule is CCCCCCCCCCCCOc1cc(C(=O)Nc2cc(OC)c(NC(=O)CO[C@H]3CC[C@@]4(C)C(=CC[C@H]5[C@@H]6CC[C@H]([C@H](C)CCCC(C)C)[C@@]6(C)CC[C@@H]54)C3)cc2OC)c(OCCCCCCCCCCCC)cc1C(=O)Nc1cc(OC)c(NC(=O)CO[C@H]2CC[C@@]3(C)C(=CC[C@H]4[C@@H]5CC[C@H]([C@H](C)CCCC(C)C)[C@@]5(C)CC[C@@H]43)C2)cc1OC. The highest BCUT2D eigenvalue weighted by Crippen LogP contribution is 2.70. The molecule has 0 bridgehead atoms. The molecule has 8 aliphatic carbocycles.